The molecule has 0 heterocycles. The zero-order chi connectivity index (χ0) is 9.14. The number of halogens is 1. The van der Waals surface area contributed by atoms with Crippen molar-refractivity contribution in [2.45, 2.75) is 6.92 Å². The molecule has 0 saturated carbocycles. The van der Waals surface area contributed by atoms with E-state index in [1.807, 2.05) is 0 Å². The van der Waals surface area contributed by atoms with Gasteiger partial charge in [0.05, 0.1) is 5.56 Å². The fourth-order valence-corrected chi connectivity index (χ4v) is 0.933. The summed E-state index contributed by atoms with van der Waals surface area (Å²) in [5, 5.41) is 0. The van der Waals surface area contributed by atoms with Gasteiger partial charge in [0.2, 0.25) is 0 Å². The van der Waals surface area contributed by atoms with Gasteiger partial charge in [-0.3, -0.25) is 0 Å². The molecule has 0 unspecified atom stereocenters. The molecule has 0 radical (unpaired) electrons. The fourth-order valence-electron chi connectivity index (χ4n) is 0.835. The first-order valence-electron chi connectivity index (χ1n) is 3.27. The minimum atomic E-state index is -0.782. The molecule has 4 heteroatoms. The number of hydrogen-bond acceptors (Lipinski definition) is 3. The summed E-state index contributed by atoms with van der Waals surface area (Å²) in [6.45, 7) is 1.74. The molecule has 0 amide bonds. The molecule has 0 fully saturated rings. The van der Waals surface area contributed by atoms with E-state index in [1.165, 1.54) is 12.1 Å². The summed E-state index contributed by atoms with van der Waals surface area (Å²) in [4.78, 5) is 10.8. The van der Waals surface area contributed by atoms with Crippen molar-refractivity contribution < 1.29 is 13.4 Å². The molecule has 0 bridgehead atoms. The minimum absolute atomic E-state index is 0.101. The largest absolute Gasteiger partial charge is 0.391 e. The zero-order valence-corrected chi connectivity index (χ0v) is 7.27. The van der Waals surface area contributed by atoms with E-state index in [0.29, 0.717) is 0 Å². The SMILES string of the molecule is Cc1ccc(C(=O)OS)c(F)c1. The van der Waals surface area contributed by atoms with Gasteiger partial charge >= 0.3 is 5.97 Å². The van der Waals surface area contributed by atoms with Crippen LogP contribution < -0.4 is 0 Å². The summed E-state index contributed by atoms with van der Waals surface area (Å²) >= 11 is 3.28. The van der Waals surface area contributed by atoms with Crippen molar-refractivity contribution >= 4 is 18.9 Å². The van der Waals surface area contributed by atoms with Gasteiger partial charge in [0.15, 0.2) is 0 Å². The second kappa shape index (κ2) is 3.58. The number of benzene rings is 1. The topological polar surface area (TPSA) is 26.3 Å². The fraction of sp³-hybridized carbons (Fsp3) is 0.125. The van der Waals surface area contributed by atoms with Crippen LogP contribution in [0.2, 0.25) is 0 Å². The Bertz CT molecular complexity index is 312. The Balaban J connectivity index is 3.09. The van der Waals surface area contributed by atoms with Gasteiger partial charge in [0, 0.05) is 12.9 Å². The lowest BCUT2D eigenvalue weighted by atomic mass is 10.1. The van der Waals surface area contributed by atoms with E-state index in [-0.39, 0.29) is 5.56 Å². The Morgan fingerprint density at radius 1 is 1.58 bits per heavy atom. The summed E-state index contributed by atoms with van der Waals surface area (Å²) in [5.41, 5.74) is 0.652. The van der Waals surface area contributed by atoms with Crippen molar-refractivity contribution in [3.63, 3.8) is 0 Å². The van der Waals surface area contributed by atoms with Crippen molar-refractivity contribution in [2.24, 2.45) is 0 Å². The highest BCUT2D eigenvalue weighted by Crippen LogP contribution is 2.11. The van der Waals surface area contributed by atoms with Crippen LogP contribution in [0.5, 0.6) is 0 Å². The Labute approximate surface area is 75.0 Å². The summed E-state index contributed by atoms with van der Waals surface area (Å²) in [5.74, 6) is -1.37. The molecular weight excluding hydrogens is 179 g/mol. The van der Waals surface area contributed by atoms with Crippen LogP contribution in [0.3, 0.4) is 0 Å². The predicted octanol–water partition coefficient (Wildman–Crippen LogP) is 2.14. The smallest absolute Gasteiger partial charge is 0.352 e. The summed E-state index contributed by atoms with van der Waals surface area (Å²) in [6, 6.07) is 4.26. The summed E-state index contributed by atoms with van der Waals surface area (Å²) in [7, 11) is 0. The molecule has 0 aromatic heterocycles. The van der Waals surface area contributed by atoms with E-state index in [0.717, 1.165) is 5.56 Å². The van der Waals surface area contributed by atoms with Gasteiger partial charge in [-0.05, 0) is 24.6 Å². The first kappa shape index (κ1) is 9.06. The molecule has 1 aromatic carbocycles. The van der Waals surface area contributed by atoms with Crippen LogP contribution in [0.25, 0.3) is 0 Å². The van der Waals surface area contributed by atoms with Gasteiger partial charge in [-0.25, -0.2) is 9.18 Å². The standard InChI is InChI=1S/C8H7FO2S/c1-5-2-3-6(7(9)4-5)8(10)11-12/h2-4,12H,1H3. The maximum absolute atomic E-state index is 13.0. The predicted molar refractivity (Wildman–Crippen MR) is 45.5 cm³/mol. The average molecular weight is 186 g/mol. The number of rotatable bonds is 1. The van der Waals surface area contributed by atoms with E-state index >= 15 is 0 Å². The molecule has 0 spiro atoms. The van der Waals surface area contributed by atoms with Gasteiger partial charge in [-0.1, -0.05) is 6.07 Å². The van der Waals surface area contributed by atoms with Crippen molar-refractivity contribution in [2.75, 3.05) is 0 Å². The van der Waals surface area contributed by atoms with Crippen LogP contribution >= 0.6 is 12.9 Å². The van der Waals surface area contributed by atoms with Crippen LogP contribution in [-0.2, 0) is 4.18 Å². The molecule has 12 heavy (non-hydrogen) atoms. The van der Waals surface area contributed by atoms with Gasteiger partial charge in [-0.15, -0.1) is 0 Å². The van der Waals surface area contributed by atoms with Crippen LogP contribution in [0.4, 0.5) is 4.39 Å². The number of hydrogen-bond donors (Lipinski definition) is 1. The van der Waals surface area contributed by atoms with E-state index < -0.39 is 11.8 Å². The second-order valence-electron chi connectivity index (χ2n) is 2.36. The van der Waals surface area contributed by atoms with Crippen molar-refractivity contribution in [1.82, 2.24) is 0 Å². The lowest BCUT2D eigenvalue weighted by Crippen LogP contribution is -2.01. The molecule has 0 aliphatic carbocycles. The van der Waals surface area contributed by atoms with Crippen LogP contribution in [0.15, 0.2) is 18.2 Å². The third-order valence-corrected chi connectivity index (χ3v) is 1.59. The summed E-state index contributed by atoms with van der Waals surface area (Å²) < 4.78 is 17.0. The van der Waals surface area contributed by atoms with E-state index in [2.05, 4.69) is 17.1 Å². The molecule has 0 aliphatic rings. The van der Waals surface area contributed by atoms with Crippen LogP contribution in [0, 0.1) is 12.7 Å². The monoisotopic (exact) mass is 186 g/mol. The summed E-state index contributed by atoms with van der Waals surface area (Å²) in [6.07, 6.45) is 0. The van der Waals surface area contributed by atoms with Crippen molar-refractivity contribution in [1.29, 1.82) is 0 Å². The average Bonchev–Trinajstić information content (AvgIpc) is 2.03. The van der Waals surface area contributed by atoms with Gasteiger partial charge < -0.3 is 4.18 Å². The molecule has 1 aromatic rings. The highest BCUT2D eigenvalue weighted by atomic mass is 32.1. The normalized spacial score (nSPS) is 9.58. The lowest BCUT2D eigenvalue weighted by Gasteiger charge is -1.99. The second-order valence-corrected chi connectivity index (χ2v) is 2.54. The van der Waals surface area contributed by atoms with Crippen molar-refractivity contribution in [3.05, 3.63) is 35.1 Å². The third-order valence-electron chi connectivity index (χ3n) is 1.43. The highest BCUT2D eigenvalue weighted by molar-refractivity contribution is 7.75. The van der Waals surface area contributed by atoms with E-state index in [9.17, 15) is 9.18 Å². The number of aryl methyl sites for hydroxylation is 1. The number of carbonyl (C=O) groups excluding carboxylic acids is 1. The maximum Gasteiger partial charge on any atom is 0.352 e. The molecule has 64 valence electrons. The van der Waals surface area contributed by atoms with Gasteiger partial charge in [-0.2, -0.15) is 0 Å². The van der Waals surface area contributed by atoms with Gasteiger partial charge in [0.1, 0.15) is 5.82 Å². The Kier molecular flexibility index (Phi) is 2.70. The number of thiol groups is 1. The highest BCUT2D eigenvalue weighted by Gasteiger charge is 2.11. The molecule has 0 aliphatic heterocycles. The Hall–Kier alpha value is -1.03. The first-order valence-corrected chi connectivity index (χ1v) is 3.63. The van der Waals surface area contributed by atoms with E-state index in [1.54, 1.807) is 13.0 Å². The molecule has 2 nitrogen and oxygen atoms in total. The quantitative estimate of drug-likeness (QED) is 0.537. The lowest BCUT2D eigenvalue weighted by molar-refractivity contribution is 0.0767. The van der Waals surface area contributed by atoms with Gasteiger partial charge in [0.25, 0.3) is 0 Å². The van der Waals surface area contributed by atoms with Crippen molar-refractivity contribution in [3.8, 4) is 0 Å². The molecule has 0 N–H and O–H groups in total. The minimum Gasteiger partial charge on any atom is -0.391 e. The Morgan fingerprint density at radius 2 is 2.25 bits per heavy atom. The molecule has 0 saturated heterocycles. The molecular formula is C8H7FO2S. The van der Waals surface area contributed by atoms with E-state index in [4.69, 9.17) is 0 Å². The molecule has 1 rings (SSSR count). The zero-order valence-electron chi connectivity index (χ0n) is 6.37. The molecule has 0 atom stereocenters. The third kappa shape index (κ3) is 1.76. The van der Waals surface area contributed by atoms with Crippen LogP contribution in [-0.4, -0.2) is 5.97 Å². The number of carbonyl (C=O) groups is 1. The van der Waals surface area contributed by atoms with Crippen LogP contribution in [0.1, 0.15) is 15.9 Å². The Morgan fingerprint density at radius 3 is 2.75 bits per heavy atom. The maximum atomic E-state index is 13.0. The first-order chi connectivity index (χ1) is 5.65.